The Morgan fingerprint density at radius 1 is 1.35 bits per heavy atom. The Labute approximate surface area is 127 Å². The first-order chi connectivity index (χ1) is 9.78. The van der Waals surface area contributed by atoms with Crippen molar-refractivity contribution in [3.05, 3.63) is 46.1 Å². The Morgan fingerprint density at radius 3 is 2.85 bits per heavy atom. The zero-order valence-electron chi connectivity index (χ0n) is 11.5. The van der Waals surface area contributed by atoms with E-state index >= 15 is 0 Å². The van der Waals surface area contributed by atoms with Crippen molar-refractivity contribution < 1.29 is 4.42 Å². The molecule has 0 unspecified atom stereocenters. The summed E-state index contributed by atoms with van der Waals surface area (Å²) in [4.78, 5) is 0. The lowest BCUT2D eigenvalue weighted by Crippen LogP contribution is -2.20. The van der Waals surface area contributed by atoms with E-state index in [1.165, 1.54) is 18.4 Å². The Balaban J connectivity index is 1.64. The highest BCUT2D eigenvalue weighted by molar-refractivity contribution is 9.10. The van der Waals surface area contributed by atoms with Crippen molar-refractivity contribution in [1.82, 2.24) is 15.5 Å². The Bertz CT molecular complexity index is 580. The van der Waals surface area contributed by atoms with E-state index in [0.717, 1.165) is 16.8 Å². The number of nitrogens with zero attached hydrogens (tertiary/aromatic N) is 2. The third kappa shape index (κ3) is 3.10. The van der Waals surface area contributed by atoms with Gasteiger partial charge in [0.05, 0.1) is 6.54 Å². The van der Waals surface area contributed by atoms with Crippen molar-refractivity contribution in [2.45, 2.75) is 44.7 Å². The molecule has 0 amide bonds. The summed E-state index contributed by atoms with van der Waals surface area (Å²) in [5.41, 5.74) is 1.26. The molecule has 1 saturated carbocycles. The number of hydrogen-bond donors (Lipinski definition) is 1. The van der Waals surface area contributed by atoms with Gasteiger partial charge in [-0.15, -0.1) is 10.2 Å². The molecule has 1 N–H and O–H groups in total. The summed E-state index contributed by atoms with van der Waals surface area (Å²) in [6.45, 7) is 2.78. The normalized spacial score (nSPS) is 16.3. The first-order valence-electron chi connectivity index (χ1n) is 7.08. The van der Waals surface area contributed by atoms with E-state index in [-0.39, 0.29) is 6.04 Å². The first-order valence-corrected chi connectivity index (χ1v) is 7.87. The highest BCUT2D eigenvalue weighted by Crippen LogP contribution is 2.39. The lowest BCUT2D eigenvalue weighted by Gasteiger charge is -2.17. The molecule has 0 aliphatic heterocycles. The molecule has 0 spiro atoms. The van der Waals surface area contributed by atoms with Crippen LogP contribution in [0.2, 0.25) is 0 Å². The number of benzene rings is 1. The third-order valence-electron chi connectivity index (χ3n) is 3.60. The van der Waals surface area contributed by atoms with Crippen molar-refractivity contribution in [1.29, 1.82) is 0 Å². The fraction of sp³-hybridized carbons (Fsp3) is 0.467. The van der Waals surface area contributed by atoms with E-state index in [0.29, 0.717) is 18.4 Å². The van der Waals surface area contributed by atoms with Crippen LogP contribution in [0, 0.1) is 0 Å². The van der Waals surface area contributed by atoms with Crippen LogP contribution < -0.4 is 5.32 Å². The second-order valence-electron chi connectivity index (χ2n) is 5.17. The number of aromatic nitrogens is 2. The van der Waals surface area contributed by atoms with Gasteiger partial charge in [0, 0.05) is 16.4 Å². The molecule has 1 aliphatic carbocycles. The van der Waals surface area contributed by atoms with Gasteiger partial charge in [0.2, 0.25) is 11.8 Å². The molecule has 1 fully saturated rings. The molecule has 1 atom stereocenters. The molecule has 1 aliphatic rings. The van der Waals surface area contributed by atoms with Crippen molar-refractivity contribution >= 4 is 15.9 Å². The van der Waals surface area contributed by atoms with Gasteiger partial charge in [-0.2, -0.15) is 0 Å². The largest absolute Gasteiger partial charge is 0.424 e. The Morgan fingerprint density at radius 2 is 2.15 bits per heavy atom. The molecule has 3 rings (SSSR count). The molecule has 5 heteroatoms. The molecule has 1 heterocycles. The van der Waals surface area contributed by atoms with E-state index in [1.807, 2.05) is 6.07 Å². The summed E-state index contributed by atoms with van der Waals surface area (Å²) in [5.74, 6) is 2.00. The molecule has 1 aromatic heterocycles. The second-order valence-corrected chi connectivity index (χ2v) is 6.03. The van der Waals surface area contributed by atoms with Crippen LogP contribution in [0.5, 0.6) is 0 Å². The van der Waals surface area contributed by atoms with Crippen LogP contribution in [-0.2, 0) is 6.54 Å². The standard InChI is InChI=1S/C15H18BrN3O/c1-2-13(11-5-3-4-6-12(11)16)17-9-14-18-19-15(20-14)10-7-8-10/h3-6,10,13,17H,2,7-9H2,1H3/t13-/m1/s1. The highest BCUT2D eigenvalue weighted by Gasteiger charge is 2.29. The maximum atomic E-state index is 5.67. The summed E-state index contributed by atoms with van der Waals surface area (Å²) >= 11 is 3.60. The fourth-order valence-electron chi connectivity index (χ4n) is 2.28. The zero-order chi connectivity index (χ0) is 13.9. The van der Waals surface area contributed by atoms with Gasteiger partial charge in [0.15, 0.2) is 0 Å². The maximum Gasteiger partial charge on any atom is 0.230 e. The van der Waals surface area contributed by atoms with Gasteiger partial charge < -0.3 is 9.73 Å². The maximum absolute atomic E-state index is 5.67. The van der Waals surface area contributed by atoms with Crippen LogP contribution in [0.1, 0.15) is 55.5 Å². The van der Waals surface area contributed by atoms with E-state index in [1.54, 1.807) is 0 Å². The molecule has 2 aromatic rings. The Hall–Kier alpha value is -1.20. The van der Waals surface area contributed by atoms with Crippen molar-refractivity contribution in [2.75, 3.05) is 0 Å². The van der Waals surface area contributed by atoms with E-state index < -0.39 is 0 Å². The lowest BCUT2D eigenvalue weighted by molar-refractivity contribution is 0.409. The topological polar surface area (TPSA) is 51.0 Å². The predicted molar refractivity (Wildman–Crippen MR) is 80.3 cm³/mol. The molecule has 106 valence electrons. The zero-order valence-corrected chi connectivity index (χ0v) is 13.1. The van der Waals surface area contributed by atoms with Crippen LogP contribution in [-0.4, -0.2) is 10.2 Å². The number of halogens is 1. The highest BCUT2D eigenvalue weighted by atomic mass is 79.9. The summed E-state index contributed by atoms with van der Waals surface area (Å²) in [6, 6.07) is 8.57. The predicted octanol–water partition coefficient (Wildman–Crippen LogP) is 3.95. The van der Waals surface area contributed by atoms with Crippen LogP contribution >= 0.6 is 15.9 Å². The summed E-state index contributed by atoms with van der Waals surface area (Å²) in [7, 11) is 0. The van der Waals surface area contributed by atoms with Crippen molar-refractivity contribution in [2.24, 2.45) is 0 Å². The fourth-order valence-corrected chi connectivity index (χ4v) is 2.84. The average Bonchev–Trinajstić information content (AvgIpc) is 3.21. The molecular weight excluding hydrogens is 318 g/mol. The van der Waals surface area contributed by atoms with Gasteiger partial charge in [-0.25, -0.2) is 0 Å². The smallest absolute Gasteiger partial charge is 0.230 e. The molecule has 0 bridgehead atoms. The quantitative estimate of drug-likeness (QED) is 0.868. The van der Waals surface area contributed by atoms with Crippen LogP contribution in [0.15, 0.2) is 33.2 Å². The number of hydrogen-bond acceptors (Lipinski definition) is 4. The molecule has 0 radical (unpaired) electrons. The van der Waals surface area contributed by atoms with Crippen molar-refractivity contribution in [3.8, 4) is 0 Å². The minimum Gasteiger partial charge on any atom is -0.424 e. The van der Waals surface area contributed by atoms with Gasteiger partial charge in [0.1, 0.15) is 0 Å². The van der Waals surface area contributed by atoms with Crippen LogP contribution in [0.3, 0.4) is 0 Å². The lowest BCUT2D eigenvalue weighted by atomic mass is 10.0. The average molecular weight is 336 g/mol. The van der Waals surface area contributed by atoms with E-state index in [2.05, 4.69) is 56.6 Å². The van der Waals surface area contributed by atoms with Gasteiger partial charge in [-0.05, 0) is 30.9 Å². The SMILES string of the molecule is CC[C@@H](NCc1nnc(C2CC2)o1)c1ccccc1Br. The molecule has 4 nitrogen and oxygen atoms in total. The van der Waals surface area contributed by atoms with Crippen LogP contribution in [0.4, 0.5) is 0 Å². The minimum absolute atomic E-state index is 0.279. The van der Waals surface area contributed by atoms with Crippen molar-refractivity contribution in [3.63, 3.8) is 0 Å². The molecular formula is C15H18BrN3O. The summed E-state index contributed by atoms with van der Waals surface area (Å²) in [6.07, 6.45) is 3.37. The Kier molecular flexibility index (Phi) is 4.17. The van der Waals surface area contributed by atoms with Gasteiger partial charge in [0.25, 0.3) is 0 Å². The first kappa shape index (κ1) is 13.8. The van der Waals surface area contributed by atoms with Gasteiger partial charge >= 0.3 is 0 Å². The molecule has 20 heavy (non-hydrogen) atoms. The number of nitrogens with one attached hydrogen (secondary N) is 1. The second kappa shape index (κ2) is 6.06. The van der Waals surface area contributed by atoms with E-state index in [9.17, 15) is 0 Å². The van der Waals surface area contributed by atoms with Crippen LogP contribution in [0.25, 0.3) is 0 Å². The number of rotatable bonds is 6. The van der Waals surface area contributed by atoms with Gasteiger partial charge in [-0.1, -0.05) is 41.1 Å². The van der Waals surface area contributed by atoms with E-state index in [4.69, 9.17) is 4.42 Å². The molecule has 1 aromatic carbocycles. The summed E-state index contributed by atoms with van der Waals surface area (Å²) in [5, 5.41) is 11.7. The minimum atomic E-state index is 0.279. The molecule has 0 saturated heterocycles. The summed E-state index contributed by atoms with van der Waals surface area (Å²) < 4.78 is 6.80. The van der Waals surface area contributed by atoms with Gasteiger partial charge in [-0.3, -0.25) is 0 Å². The third-order valence-corrected chi connectivity index (χ3v) is 4.32. The monoisotopic (exact) mass is 335 g/mol.